The molecule has 1 saturated heterocycles. The number of halogens is 1. The van der Waals surface area contributed by atoms with Gasteiger partial charge >= 0.3 is 0 Å². The molecule has 27 heavy (non-hydrogen) atoms. The molecule has 2 aromatic carbocycles. The van der Waals surface area contributed by atoms with Crippen molar-refractivity contribution < 1.29 is 14.3 Å². The molecule has 2 amide bonds. The summed E-state index contributed by atoms with van der Waals surface area (Å²) in [6.07, 6.45) is 1.56. The smallest absolute Gasteiger partial charge is 0.265 e. The van der Waals surface area contributed by atoms with E-state index in [4.69, 9.17) is 17.0 Å². The summed E-state index contributed by atoms with van der Waals surface area (Å²) in [5, 5.41) is 0.188. The lowest BCUT2D eigenvalue weighted by Gasteiger charge is -2.31. The molecule has 1 fully saturated rings. The van der Waals surface area contributed by atoms with E-state index in [1.54, 1.807) is 38.4 Å². The SMILES string of the molecule is CN1C(=O)C(=Cc2ccc(OCc3ccccc3)c(Br)c2)C(=O)N(C)C1=S. The fraction of sp³-hybridized carbons (Fsp3) is 0.150. The Balaban J connectivity index is 1.81. The summed E-state index contributed by atoms with van der Waals surface area (Å²) in [5.74, 6) is -0.148. The van der Waals surface area contributed by atoms with Gasteiger partial charge in [-0.05, 0) is 57.5 Å². The molecule has 1 aliphatic heterocycles. The summed E-state index contributed by atoms with van der Waals surface area (Å²) in [6.45, 7) is 0.448. The van der Waals surface area contributed by atoms with Crippen molar-refractivity contribution in [2.24, 2.45) is 0 Å². The topological polar surface area (TPSA) is 49.9 Å². The van der Waals surface area contributed by atoms with Gasteiger partial charge in [-0.3, -0.25) is 19.4 Å². The first-order valence-electron chi connectivity index (χ1n) is 8.16. The largest absolute Gasteiger partial charge is 0.488 e. The molecule has 2 aromatic rings. The number of benzene rings is 2. The number of hydrogen-bond donors (Lipinski definition) is 0. The molecule has 0 radical (unpaired) electrons. The molecule has 1 heterocycles. The number of rotatable bonds is 4. The van der Waals surface area contributed by atoms with Crippen LogP contribution < -0.4 is 4.74 Å². The predicted molar refractivity (Wildman–Crippen MR) is 111 cm³/mol. The number of nitrogens with zero attached hydrogens (tertiary/aromatic N) is 2. The zero-order valence-corrected chi connectivity index (χ0v) is 17.2. The van der Waals surface area contributed by atoms with Crippen molar-refractivity contribution in [3.05, 3.63) is 69.7 Å². The zero-order chi connectivity index (χ0) is 19.6. The molecule has 0 N–H and O–H groups in total. The van der Waals surface area contributed by atoms with Gasteiger partial charge in [-0.1, -0.05) is 36.4 Å². The van der Waals surface area contributed by atoms with Gasteiger partial charge in [-0.2, -0.15) is 0 Å². The van der Waals surface area contributed by atoms with E-state index >= 15 is 0 Å². The number of amides is 2. The van der Waals surface area contributed by atoms with Crippen LogP contribution in [0.25, 0.3) is 6.08 Å². The summed E-state index contributed by atoms with van der Waals surface area (Å²) in [4.78, 5) is 27.4. The van der Waals surface area contributed by atoms with Crippen molar-refractivity contribution in [3.8, 4) is 5.75 Å². The summed E-state index contributed by atoms with van der Waals surface area (Å²) >= 11 is 8.57. The minimum absolute atomic E-state index is 0.0680. The minimum Gasteiger partial charge on any atom is -0.488 e. The number of thiocarbonyl (C=S) groups is 1. The average molecular weight is 445 g/mol. The van der Waals surface area contributed by atoms with E-state index < -0.39 is 11.8 Å². The highest BCUT2D eigenvalue weighted by atomic mass is 79.9. The van der Waals surface area contributed by atoms with Crippen molar-refractivity contribution in [1.29, 1.82) is 0 Å². The van der Waals surface area contributed by atoms with Crippen molar-refractivity contribution in [2.45, 2.75) is 6.61 Å². The molecule has 138 valence electrons. The highest BCUT2D eigenvalue weighted by Crippen LogP contribution is 2.28. The number of ether oxygens (including phenoxy) is 1. The van der Waals surface area contributed by atoms with E-state index in [0.717, 1.165) is 10.0 Å². The maximum atomic E-state index is 12.4. The second-order valence-electron chi connectivity index (χ2n) is 6.03. The Kier molecular flexibility index (Phi) is 5.72. The Morgan fingerprint density at radius 1 is 1.04 bits per heavy atom. The van der Waals surface area contributed by atoms with Crippen LogP contribution >= 0.6 is 28.1 Å². The van der Waals surface area contributed by atoms with E-state index in [0.29, 0.717) is 17.9 Å². The van der Waals surface area contributed by atoms with Gasteiger partial charge in [0.2, 0.25) is 0 Å². The molecule has 5 nitrogen and oxygen atoms in total. The quantitative estimate of drug-likeness (QED) is 0.410. The molecule has 0 spiro atoms. The van der Waals surface area contributed by atoms with Gasteiger partial charge in [0.25, 0.3) is 11.8 Å². The van der Waals surface area contributed by atoms with E-state index in [9.17, 15) is 9.59 Å². The fourth-order valence-electron chi connectivity index (χ4n) is 2.60. The Morgan fingerprint density at radius 3 is 2.26 bits per heavy atom. The second kappa shape index (κ2) is 8.02. The minimum atomic E-state index is -0.413. The van der Waals surface area contributed by atoms with E-state index in [1.165, 1.54) is 9.80 Å². The molecular formula is C20H17BrN2O3S. The van der Waals surface area contributed by atoms with Crippen LogP contribution in [0.5, 0.6) is 5.75 Å². The molecular weight excluding hydrogens is 428 g/mol. The first-order valence-corrected chi connectivity index (χ1v) is 9.36. The number of carbonyl (C=O) groups is 2. The van der Waals surface area contributed by atoms with Gasteiger partial charge in [0.05, 0.1) is 4.47 Å². The summed E-state index contributed by atoms with van der Waals surface area (Å²) in [6, 6.07) is 15.3. The third-order valence-corrected chi connectivity index (χ3v) is 5.32. The molecule has 0 atom stereocenters. The van der Waals surface area contributed by atoms with Gasteiger partial charge in [0, 0.05) is 14.1 Å². The lowest BCUT2D eigenvalue weighted by molar-refractivity contribution is -0.132. The van der Waals surface area contributed by atoms with Crippen LogP contribution in [0.1, 0.15) is 11.1 Å². The molecule has 1 aliphatic rings. The van der Waals surface area contributed by atoms with Crippen LogP contribution in [-0.4, -0.2) is 40.8 Å². The third-order valence-electron chi connectivity index (χ3n) is 4.15. The Bertz CT molecular complexity index is 917. The van der Waals surface area contributed by atoms with Crippen molar-refractivity contribution >= 4 is 51.2 Å². The molecule has 7 heteroatoms. The van der Waals surface area contributed by atoms with Crippen LogP contribution in [0.3, 0.4) is 0 Å². The zero-order valence-electron chi connectivity index (χ0n) is 14.8. The maximum absolute atomic E-state index is 12.4. The Hall–Kier alpha value is -2.51. The van der Waals surface area contributed by atoms with Gasteiger partial charge in [-0.25, -0.2) is 0 Å². The van der Waals surface area contributed by atoms with Crippen LogP contribution in [0.2, 0.25) is 0 Å². The number of carbonyl (C=O) groups excluding carboxylic acids is 2. The number of likely N-dealkylation sites (N-methyl/N-ethyl adjacent to an activating group) is 2. The van der Waals surface area contributed by atoms with Crippen LogP contribution in [-0.2, 0) is 16.2 Å². The molecule has 3 rings (SSSR count). The van der Waals surface area contributed by atoms with Crippen LogP contribution in [0.4, 0.5) is 0 Å². The summed E-state index contributed by atoms with van der Waals surface area (Å²) in [7, 11) is 3.11. The number of hydrogen-bond acceptors (Lipinski definition) is 4. The lowest BCUT2D eigenvalue weighted by Crippen LogP contribution is -2.52. The molecule has 0 aliphatic carbocycles. The monoisotopic (exact) mass is 444 g/mol. The van der Waals surface area contributed by atoms with E-state index in [-0.39, 0.29) is 10.7 Å². The van der Waals surface area contributed by atoms with Gasteiger partial charge in [0.1, 0.15) is 17.9 Å². The summed E-state index contributed by atoms with van der Waals surface area (Å²) < 4.78 is 6.56. The first kappa shape index (κ1) is 19.3. The second-order valence-corrected chi connectivity index (χ2v) is 7.25. The fourth-order valence-corrected chi connectivity index (χ4v) is 3.28. The highest BCUT2D eigenvalue weighted by Gasteiger charge is 2.35. The summed E-state index contributed by atoms with van der Waals surface area (Å²) in [5.41, 5.74) is 1.84. The molecule has 0 saturated carbocycles. The van der Waals surface area contributed by atoms with Crippen molar-refractivity contribution in [3.63, 3.8) is 0 Å². The molecule has 0 bridgehead atoms. The predicted octanol–water partition coefficient (Wildman–Crippen LogP) is 3.63. The van der Waals surface area contributed by atoms with E-state index in [1.807, 2.05) is 30.3 Å². The standard InChI is InChI=1S/C20H17BrN2O3S/c1-22-18(24)15(19(25)23(2)20(22)27)10-14-8-9-17(16(21)11-14)26-12-13-6-4-3-5-7-13/h3-11H,12H2,1-2H3. The average Bonchev–Trinajstić information content (AvgIpc) is 2.68. The maximum Gasteiger partial charge on any atom is 0.265 e. The normalized spacial score (nSPS) is 14.6. The lowest BCUT2D eigenvalue weighted by atomic mass is 10.1. The first-order chi connectivity index (χ1) is 12.9. The van der Waals surface area contributed by atoms with Gasteiger partial charge in [0.15, 0.2) is 5.11 Å². The van der Waals surface area contributed by atoms with Crippen LogP contribution in [0.15, 0.2) is 58.6 Å². The van der Waals surface area contributed by atoms with Crippen molar-refractivity contribution in [1.82, 2.24) is 9.80 Å². The Morgan fingerprint density at radius 2 is 1.67 bits per heavy atom. The highest BCUT2D eigenvalue weighted by molar-refractivity contribution is 9.10. The molecule has 0 unspecified atom stereocenters. The van der Waals surface area contributed by atoms with Crippen LogP contribution in [0, 0.1) is 0 Å². The van der Waals surface area contributed by atoms with E-state index in [2.05, 4.69) is 15.9 Å². The van der Waals surface area contributed by atoms with Gasteiger partial charge < -0.3 is 4.74 Å². The van der Waals surface area contributed by atoms with Gasteiger partial charge in [-0.15, -0.1) is 0 Å². The molecule has 0 aromatic heterocycles. The van der Waals surface area contributed by atoms with Crippen molar-refractivity contribution in [2.75, 3.05) is 14.1 Å². The third kappa shape index (κ3) is 4.09. The Labute approximate surface area is 171 Å².